The molecule has 114 valence electrons. The monoisotopic (exact) mass is 309 g/mol. The number of hydrogen-bond donors (Lipinski definition) is 1. The first-order valence-corrected chi connectivity index (χ1v) is 7.79. The molecule has 1 aromatic heterocycles. The summed E-state index contributed by atoms with van der Waals surface area (Å²) in [5.41, 5.74) is -0.0583. The number of aromatic nitrogens is 1. The zero-order valence-corrected chi connectivity index (χ0v) is 12.9. The Bertz CT molecular complexity index is 552. The lowest BCUT2D eigenvalue weighted by molar-refractivity contribution is 0.0690. The number of piperidine rings is 2. The minimum Gasteiger partial charge on any atom is -0.476 e. The Labute approximate surface area is 129 Å². The smallest absolute Gasteiger partial charge is 0.356 e. The number of aromatic carboxylic acids is 1. The van der Waals surface area contributed by atoms with Crippen molar-refractivity contribution in [2.45, 2.75) is 25.3 Å². The van der Waals surface area contributed by atoms with Crippen LogP contribution in [-0.4, -0.2) is 53.7 Å². The van der Waals surface area contributed by atoms with Gasteiger partial charge in [0.2, 0.25) is 0 Å². The van der Waals surface area contributed by atoms with Crippen molar-refractivity contribution in [3.63, 3.8) is 0 Å². The van der Waals surface area contributed by atoms with Gasteiger partial charge in [-0.1, -0.05) is 11.6 Å². The molecule has 2 fully saturated rings. The van der Waals surface area contributed by atoms with E-state index in [1.807, 2.05) is 6.07 Å². The van der Waals surface area contributed by atoms with Gasteiger partial charge in [-0.3, -0.25) is 0 Å². The van der Waals surface area contributed by atoms with Crippen LogP contribution in [0.5, 0.6) is 0 Å². The van der Waals surface area contributed by atoms with Gasteiger partial charge in [-0.25, -0.2) is 9.78 Å². The minimum absolute atomic E-state index is 0.0583. The predicted molar refractivity (Wildman–Crippen MR) is 82.2 cm³/mol. The first kappa shape index (κ1) is 14.6. The second-order valence-electron chi connectivity index (χ2n) is 5.99. The summed E-state index contributed by atoms with van der Waals surface area (Å²) in [4.78, 5) is 20.0. The number of carboxylic acid groups (broad SMARTS) is 1. The summed E-state index contributed by atoms with van der Waals surface area (Å²) in [5, 5.41) is 9.33. The zero-order valence-electron chi connectivity index (χ0n) is 12.1. The lowest BCUT2D eigenvalue weighted by atomic mass is 9.84. The third kappa shape index (κ3) is 2.85. The summed E-state index contributed by atoms with van der Waals surface area (Å²) < 4.78 is 0. The molecular formula is C15H20ClN3O2. The van der Waals surface area contributed by atoms with Crippen LogP contribution in [-0.2, 0) is 0 Å². The molecule has 2 atom stereocenters. The highest BCUT2D eigenvalue weighted by Gasteiger charge is 2.34. The van der Waals surface area contributed by atoms with Gasteiger partial charge < -0.3 is 14.9 Å². The minimum atomic E-state index is -1.07. The van der Waals surface area contributed by atoms with Gasteiger partial charge >= 0.3 is 5.97 Å². The van der Waals surface area contributed by atoms with Crippen molar-refractivity contribution >= 4 is 23.4 Å². The average Bonchev–Trinajstić information content (AvgIpc) is 2.47. The van der Waals surface area contributed by atoms with Gasteiger partial charge in [0.15, 0.2) is 5.69 Å². The van der Waals surface area contributed by atoms with Crippen molar-refractivity contribution in [3.8, 4) is 0 Å². The number of hydrogen-bond acceptors (Lipinski definition) is 4. The number of halogens is 1. The normalized spacial score (nSPS) is 26.5. The topological polar surface area (TPSA) is 56.7 Å². The van der Waals surface area contributed by atoms with Crippen LogP contribution in [0.25, 0.3) is 0 Å². The number of carboxylic acids is 1. The summed E-state index contributed by atoms with van der Waals surface area (Å²) in [6.45, 7) is 3.05. The average molecular weight is 310 g/mol. The van der Waals surface area contributed by atoms with Gasteiger partial charge in [-0.2, -0.15) is 0 Å². The van der Waals surface area contributed by atoms with E-state index < -0.39 is 5.97 Å². The van der Waals surface area contributed by atoms with Crippen LogP contribution in [0.4, 0.5) is 5.82 Å². The Morgan fingerprint density at radius 2 is 2.19 bits per heavy atom. The van der Waals surface area contributed by atoms with Crippen LogP contribution in [0.1, 0.15) is 29.8 Å². The van der Waals surface area contributed by atoms with Crippen molar-refractivity contribution in [3.05, 3.63) is 22.8 Å². The molecule has 3 rings (SSSR count). The highest BCUT2D eigenvalue weighted by molar-refractivity contribution is 6.33. The quantitative estimate of drug-likeness (QED) is 0.909. The van der Waals surface area contributed by atoms with E-state index in [0.717, 1.165) is 25.3 Å². The molecule has 0 amide bonds. The van der Waals surface area contributed by atoms with Gasteiger partial charge in [-0.15, -0.1) is 0 Å². The van der Waals surface area contributed by atoms with Gasteiger partial charge in [0.1, 0.15) is 5.82 Å². The van der Waals surface area contributed by atoms with Gasteiger partial charge in [0.05, 0.1) is 5.02 Å². The Hall–Kier alpha value is -1.33. The maximum Gasteiger partial charge on any atom is 0.356 e. The third-order valence-electron chi connectivity index (χ3n) is 4.70. The molecule has 0 saturated carbocycles. The molecule has 21 heavy (non-hydrogen) atoms. The molecule has 2 aliphatic rings. The van der Waals surface area contributed by atoms with E-state index in [0.29, 0.717) is 12.0 Å². The van der Waals surface area contributed by atoms with Crippen LogP contribution in [0.2, 0.25) is 5.02 Å². The van der Waals surface area contributed by atoms with Crippen molar-refractivity contribution in [1.82, 2.24) is 9.88 Å². The van der Waals surface area contributed by atoms with Crippen LogP contribution >= 0.6 is 11.6 Å². The predicted octanol–water partition coefficient (Wildman–Crippen LogP) is 2.35. The number of fused-ring (bicyclic) bond motifs is 1. The first-order valence-electron chi connectivity index (χ1n) is 7.41. The van der Waals surface area contributed by atoms with Crippen molar-refractivity contribution in [2.24, 2.45) is 5.92 Å². The highest BCUT2D eigenvalue weighted by Crippen LogP contribution is 2.32. The number of anilines is 1. The van der Waals surface area contributed by atoms with E-state index in [4.69, 9.17) is 16.7 Å². The molecule has 0 radical (unpaired) electrons. The standard InChI is InChI=1S/C15H20ClN3O2/c1-18-7-2-3-10-9-19(8-6-12(10)18)13-5-4-11(16)14(17-13)15(20)21/h4-5,10,12H,2-3,6-9H2,1H3,(H,20,21). The van der Waals surface area contributed by atoms with E-state index in [1.165, 1.54) is 19.4 Å². The van der Waals surface area contributed by atoms with E-state index in [2.05, 4.69) is 21.8 Å². The molecule has 2 aliphatic heterocycles. The summed E-state index contributed by atoms with van der Waals surface area (Å²) in [6.07, 6.45) is 3.58. The number of likely N-dealkylation sites (tertiary alicyclic amines) is 1. The summed E-state index contributed by atoms with van der Waals surface area (Å²) in [5.74, 6) is 0.292. The second kappa shape index (κ2) is 5.81. The molecule has 5 nitrogen and oxygen atoms in total. The van der Waals surface area contributed by atoms with E-state index in [-0.39, 0.29) is 10.7 Å². The Balaban J connectivity index is 1.79. The van der Waals surface area contributed by atoms with E-state index in [9.17, 15) is 4.79 Å². The van der Waals surface area contributed by atoms with Gasteiger partial charge in [-0.05, 0) is 50.9 Å². The summed E-state index contributed by atoms with van der Waals surface area (Å²) >= 11 is 5.89. The van der Waals surface area contributed by atoms with E-state index >= 15 is 0 Å². The van der Waals surface area contributed by atoms with Gasteiger partial charge in [0.25, 0.3) is 0 Å². The van der Waals surface area contributed by atoms with Crippen molar-refractivity contribution < 1.29 is 9.90 Å². The fraction of sp³-hybridized carbons (Fsp3) is 0.600. The zero-order chi connectivity index (χ0) is 15.0. The maximum absolute atomic E-state index is 11.2. The molecule has 0 spiro atoms. The van der Waals surface area contributed by atoms with Crippen LogP contribution < -0.4 is 4.90 Å². The highest BCUT2D eigenvalue weighted by atomic mass is 35.5. The molecule has 6 heteroatoms. The molecule has 2 saturated heterocycles. The van der Waals surface area contributed by atoms with Crippen LogP contribution in [0.3, 0.4) is 0 Å². The largest absolute Gasteiger partial charge is 0.476 e. The number of nitrogens with zero attached hydrogens (tertiary/aromatic N) is 3. The van der Waals surface area contributed by atoms with Crippen molar-refractivity contribution in [2.75, 3.05) is 31.6 Å². The number of pyridine rings is 1. The summed E-state index contributed by atoms with van der Waals surface area (Å²) in [7, 11) is 2.20. The fourth-order valence-corrected chi connectivity index (χ4v) is 3.80. The van der Waals surface area contributed by atoms with Crippen LogP contribution in [0.15, 0.2) is 12.1 Å². The third-order valence-corrected chi connectivity index (χ3v) is 5.01. The summed E-state index contributed by atoms with van der Waals surface area (Å²) in [6, 6.07) is 4.11. The number of carbonyl (C=O) groups is 1. The molecule has 1 aromatic rings. The second-order valence-corrected chi connectivity index (χ2v) is 6.40. The fourth-order valence-electron chi connectivity index (χ4n) is 3.62. The lowest BCUT2D eigenvalue weighted by Gasteiger charge is -2.46. The van der Waals surface area contributed by atoms with E-state index in [1.54, 1.807) is 6.07 Å². The van der Waals surface area contributed by atoms with Crippen molar-refractivity contribution in [1.29, 1.82) is 0 Å². The Morgan fingerprint density at radius 1 is 1.38 bits per heavy atom. The SMILES string of the molecule is CN1CCCC2CN(c3ccc(Cl)c(C(=O)O)n3)CCC21. The number of rotatable bonds is 2. The molecule has 3 heterocycles. The molecule has 0 aliphatic carbocycles. The molecule has 2 unspecified atom stereocenters. The lowest BCUT2D eigenvalue weighted by Crippen LogP contribution is -2.52. The Morgan fingerprint density at radius 3 is 2.95 bits per heavy atom. The molecule has 0 aromatic carbocycles. The molecular weight excluding hydrogens is 290 g/mol. The Kier molecular flexibility index (Phi) is 4.04. The first-order chi connectivity index (χ1) is 10.1. The molecule has 1 N–H and O–H groups in total. The maximum atomic E-state index is 11.2. The molecule has 0 bridgehead atoms. The van der Waals surface area contributed by atoms with Gasteiger partial charge in [0, 0.05) is 19.1 Å². The van der Waals surface area contributed by atoms with Crippen LogP contribution in [0, 0.1) is 5.92 Å².